The SMILES string of the molecule is CCC(C)CN(CC)C(=O)C1CC(C(=O)O)=NO1. The number of aliphatic carboxylic acids is 1. The van der Waals surface area contributed by atoms with Gasteiger partial charge in [-0.2, -0.15) is 0 Å². The minimum Gasteiger partial charge on any atom is -0.477 e. The molecule has 1 aliphatic heterocycles. The fraction of sp³-hybridized carbons (Fsp3) is 0.750. The van der Waals surface area contributed by atoms with Crippen LogP contribution >= 0.6 is 0 Å². The smallest absolute Gasteiger partial charge is 0.353 e. The molecule has 6 nitrogen and oxygen atoms in total. The molecule has 0 saturated carbocycles. The van der Waals surface area contributed by atoms with E-state index in [4.69, 9.17) is 9.94 Å². The third-order valence-electron chi connectivity index (χ3n) is 3.11. The number of nitrogens with zero attached hydrogens (tertiary/aromatic N) is 2. The molecule has 0 saturated heterocycles. The molecule has 0 aromatic rings. The number of carbonyl (C=O) groups is 2. The summed E-state index contributed by atoms with van der Waals surface area (Å²) in [6.07, 6.45) is 0.261. The minimum atomic E-state index is -1.13. The average Bonchev–Trinajstić information content (AvgIpc) is 2.84. The van der Waals surface area contributed by atoms with Crippen molar-refractivity contribution in [2.45, 2.75) is 39.7 Å². The first-order chi connectivity index (χ1) is 8.49. The van der Waals surface area contributed by atoms with Crippen molar-refractivity contribution in [1.82, 2.24) is 4.90 Å². The van der Waals surface area contributed by atoms with E-state index in [1.165, 1.54) is 0 Å². The Balaban J connectivity index is 2.56. The van der Waals surface area contributed by atoms with Crippen molar-refractivity contribution in [1.29, 1.82) is 0 Å². The first-order valence-electron chi connectivity index (χ1n) is 6.24. The molecule has 1 N–H and O–H groups in total. The Bertz CT molecular complexity index is 354. The van der Waals surface area contributed by atoms with Crippen molar-refractivity contribution in [3.63, 3.8) is 0 Å². The third kappa shape index (κ3) is 3.45. The van der Waals surface area contributed by atoms with Crippen LogP contribution in [0, 0.1) is 5.92 Å². The van der Waals surface area contributed by atoms with E-state index in [0.29, 0.717) is 19.0 Å². The van der Waals surface area contributed by atoms with Crippen LogP contribution in [0.25, 0.3) is 0 Å². The molecule has 1 rings (SSSR count). The van der Waals surface area contributed by atoms with Crippen molar-refractivity contribution < 1.29 is 19.5 Å². The Morgan fingerprint density at radius 2 is 2.22 bits per heavy atom. The lowest BCUT2D eigenvalue weighted by Gasteiger charge is -2.25. The van der Waals surface area contributed by atoms with Crippen molar-refractivity contribution in [2.75, 3.05) is 13.1 Å². The van der Waals surface area contributed by atoms with Gasteiger partial charge in [0.15, 0.2) is 5.71 Å². The predicted molar refractivity (Wildman–Crippen MR) is 66.3 cm³/mol. The normalized spacial score (nSPS) is 19.9. The molecule has 0 spiro atoms. The summed E-state index contributed by atoms with van der Waals surface area (Å²) in [5.41, 5.74) is -0.0899. The summed E-state index contributed by atoms with van der Waals surface area (Å²) in [5, 5.41) is 12.2. The molecule has 102 valence electrons. The summed E-state index contributed by atoms with van der Waals surface area (Å²) in [6.45, 7) is 7.29. The highest BCUT2D eigenvalue weighted by atomic mass is 16.6. The molecule has 0 fully saturated rings. The van der Waals surface area contributed by atoms with E-state index in [1.54, 1.807) is 4.90 Å². The molecule has 6 heteroatoms. The van der Waals surface area contributed by atoms with Crippen LogP contribution in [-0.2, 0) is 14.4 Å². The second-order valence-corrected chi connectivity index (χ2v) is 4.53. The molecule has 0 aromatic heterocycles. The van der Waals surface area contributed by atoms with Gasteiger partial charge in [-0.25, -0.2) is 4.79 Å². The summed E-state index contributed by atoms with van der Waals surface area (Å²) in [5.74, 6) is -0.900. The van der Waals surface area contributed by atoms with E-state index >= 15 is 0 Å². The molecule has 2 atom stereocenters. The van der Waals surface area contributed by atoms with Crippen LogP contribution in [0.15, 0.2) is 5.16 Å². The van der Waals surface area contributed by atoms with Crippen LogP contribution in [0.2, 0.25) is 0 Å². The molecule has 1 heterocycles. The molecule has 0 radical (unpaired) electrons. The zero-order valence-electron chi connectivity index (χ0n) is 11.0. The monoisotopic (exact) mass is 256 g/mol. The van der Waals surface area contributed by atoms with E-state index in [0.717, 1.165) is 6.42 Å². The summed E-state index contributed by atoms with van der Waals surface area (Å²) in [7, 11) is 0. The van der Waals surface area contributed by atoms with Crippen LogP contribution in [-0.4, -0.2) is 46.8 Å². The molecule has 1 amide bonds. The van der Waals surface area contributed by atoms with Gasteiger partial charge in [-0.05, 0) is 12.8 Å². The first kappa shape index (κ1) is 14.5. The minimum absolute atomic E-state index is 0.0468. The third-order valence-corrected chi connectivity index (χ3v) is 3.11. The fourth-order valence-electron chi connectivity index (χ4n) is 1.72. The van der Waals surface area contributed by atoms with Crippen molar-refractivity contribution in [3.05, 3.63) is 0 Å². The number of hydrogen-bond acceptors (Lipinski definition) is 4. The van der Waals surface area contributed by atoms with Gasteiger partial charge in [-0.3, -0.25) is 4.79 Å². The van der Waals surface area contributed by atoms with Crippen LogP contribution in [0.1, 0.15) is 33.6 Å². The summed E-state index contributed by atoms with van der Waals surface area (Å²) in [4.78, 5) is 29.4. The maximum Gasteiger partial charge on any atom is 0.353 e. The zero-order chi connectivity index (χ0) is 13.7. The van der Waals surface area contributed by atoms with Gasteiger partial charge in [0.2, 0.25) is 6.10 Å². The van der Waals surface area contributed by atoms with Gasteiger partial charge >= 0.3 is 5.97 Å². The Morgan fingerprint density at radius 3 is 2.67 bits per heavy atom. The number of carbonyl (C=O) groups excluding carboxylic acids is 1. The van der Waals surface area contributed by atoms with E-state index in [-0.39, 0.29) is 18.0 Å². The number of rotatable bonds is 6. The van der Waals surface area contributed by atoms with E-state index in [2.05, 4.69) is 19.0 Å². The molecule has 1 aliphatic rings. The topological polar surface area (TPSA) is 79.2 Å². The van der Waals surface area contributed by atoms with Gasteiger partial charge in [0, 0.05) is 19.5 Å². The fourth-order valence-corrected chi connectivity index (χ4v) is 1.72. The molecule has 18 heavy (non-hydrogen) atoms. The number of oxime groups is 1. The van der Waals surface area contributed by atoms with Gasteiger partial charge in [0.05, 0.1) is 0 Å². The highest BCUT2D eigenvalue weighted by molar-refractivity contribution is 6.36. The maximum absolute atomic E-state index is 12.1. The molecule has 2 unspecified atom stereocenters. The quantitative estimate of drug-likeness (QED) is 0.772. The van der Waals surface area contributed by atoms with Crippen LogP contribution in [0.5, 0.6) is 0 Å². The van der Waals surface area contributed by atoms with E-state index < -0.39 is 12.1 Å². The molecule has 0 aromatic carbocycles. The standard InChI is InChI=1S/C12H20N2O4/c1-4-8(3)7-14(5-2)11(15)10-6-9(12(16)17)13-18-10/h8,10H,4-7H2,1-3H3,(H,16,17). The molecular formula is C12H20N2O4. The van der Waals surface area contributed by atoms with Gasteiger partial charge in [0.1, 0.15) is 0 Å². The van der Waals surface area contributed by atoms with E-state index in [1.807, 2.05) is 6.92 Å². The first-order valence-corrected chi connectivity index (χ1v) is 6.24. The Hall–Kier alpha value is -1.59. The van der Waals surface area contributed by atoms with Crippen molar-refractivity contribution in [2.24, 2.45) is 11.1 Å². The Morgan fingerprint density at radius 1 is 1.56 bits per heavy atom. The molecule has 0 aliphatic carbocycles. The zero-order valence-corrected chi connectivity index (χ0v) is 11.0. The van der Waals surface area contributed by atoms with Gasteiger partial charge in [-0.15, -0.1) is 0 Å². The second kappa shape index (κ2) is 6.37. The van der Waals surface area contributed by atoms with Crippen LogP contribution in [0.3, 0.4) is 0 Å². The predicted octanol–water partition coefficient (Wildman–Crippen LogP) is 1.11. The summed E-state index contributed by atoms with van der Waals surface area (Å²) >= 11 is 0. The summed E-state index contributed by atoms with van der Waals surface area (Å²) < 4.78 is 0. The highest BCUT2D eigenvalue weighted by Gasteiger charge is 2.34. The van der Waals surface area contributed by atoms with Crippen LogP contribution in [0.4, 0.5) is 0 Å². The average molecular weight is 256 g/mol. The maximum atomic E-state index is 12.1. The highest BCUT2D eigenvalue weighted by Crippen LogP contribution is 2.15. The Kier molecular flexibility index (Phi) is 5.12. The number of carboxylic acids is 1. The van der Waals surface area contributed by atoms with Gasteiger partial charge < -0.3 is 14.8 Å². The lowest BCUT2D eigenvalue weighted by Crippen LogP contribution is -2.41. The number of hydrogen-bond donors (Lipinski definition) is 1. The van der Waals surface area contributed by atoms with Crippen LogP contribution < -0.4 is 0 Å². The lowest BCUT2D eigenvalue weighted by molar-refractivity contribution is -0.142. The second-order valence-electron chi connectivity index (χ2n) is 4.53. The number of carboxylic acid groups (broad SMARTS) is 1. The Labute approximate surface area is 107 Å². The van der Waals surface area contributed by atoms with Crippen molar-refractivity contribution in [3.8, 4) is 0 Å². The van der Waals surface area contributed by atoms with Crippen molar-refractivity contribution >= 4 is 17.6 Å². The molecule has 0 bridgehead atoms. The van der Waals surface area contributed by atoms with Gasteiger partial charge in [0.25, 0.3) is 5.91 Å². The number of amides is 1. The molecular weight excluding hydrogens is 236 g/mol. The lowest BCUT2D eigenvalue weighted by atomic mass is 10.1. The van der Waals surface area contributed by atoms with Gasteiger partial charge in [-0.1, -0.05) is 25.4 Å². The largest absolute Gasteiger partial charge is 0.477 e. The van der Waals surface area contributed by atoms with E-state index in [9.17, 15) is 9.59 Å². The summed E-state index contributed by atoms with van der Waals surface area (Å²) in [6, 6.07) is 0. The number of likely N-dealkylation sites (N-methyl/N-ethyl adjacent to an activating group) is 1.